The number of carbonyl (C=O) groups excluding carboxylic acids is 1. The molecule has 2 aliphatic carbocycles. The molecule has 1 amide bonds. The highest BCUT2D eigenvalue weighted by molar-refractivity contribution is 5.86. The molecule has 0 saturated heterocycles. The number of rotatable bonds is 5. The third-order valence-electron chi connectivity index (χ3n) is 5.09. The second-order valence-corrected chi connectivity index (χ2v) is 6.48. The van der Waals surface area contributed by atoms with Crippen molar-refractivity contribution in [3.63, 3.8) is 0 Å². The van der Waals surface area contributed by atoms with Gasteiger partial charge in [-0.25, -0.2) is 0 Å². The van der Waals surface area contributed by atoms with E-state index in [1.807, 2.05) is 0 Å². The predicted octanol–water partition coefficient (Wildman–Crippen LogP) is 2.20. The van der Waals surface area contributed by atoms with Crippen LogP contribution in [0.5, 0.6) is 0 Å². The normalized spacial score (nSPS) is 24.4. The molecule has 20 heavy (non-hydrogen) atoms. The third-order valence-corrected chi connectivity index (χ3v) is 5.09. The number of nitrogens with zero attached hydrogens (tertiary/aromatic N) is 2. The van der Waals surface area contributed by atoms with E-state index in [0.717, 1.165) is 39.0 Å². The fraction of sp³-hybridized carbons (Fsp3) is 0.875. The van der Waals surface area contributed by atoms with Gasteiger partial charge < -0.3 is 10.2 Å². The van der Waals surface area contributed by atoms with Gasteiger partial charge in [0, 0.05) is 31.5 Å². The Morgan fingerprint density at radius 3 is 2.60 bits per heavy atom. The zero-order chi connectivity index (χ0) is 13.8. The molecule has 1 aliphatic heterocycles. The Hall–Kier alpha value is -1.06. The van der Waals surface area contributed by atoms with Gasteiger partial charge in [-0.1, -0.05) is 25.7 Å². The first-order valence-corrected chi connectivity index (χ1v) is 8.41. The van der Waals surface area contributed by atoms with E-state index in [1.165, 1.54) is 44.4 Å². The van der Waals surface area contributed by atoms with E-state index in [2.05, 4.69) is 10.2 Å². The van der Waals surface area contributed by atoms with Crippen LogP contribution in [0.3, 0.4) is 0 Å². The summed E-state index contributed by atoms with van der Waals surface area (Å²) in [5.41, 5.74) is 0. The lowest BCUT2D eigenvalue weighted by atomic mass is 10.1. The molecule has 0 aromatic carbocycles. The summed E-state index contributed by atoms with van der Waals surface area (Å²) in [4.78, 5) is 19.1. The number of amides is 1. The Balaban J connectivity index is 1.41. The number of hydrogen-bond donors (Lipinski definition) is 1. The minimum atomic E-state index is 0.279. The van der Waals surface area contributed by atoms with Gasteiger partial charge in [0.1, 0.15) is 5.84 Å². The maximum absolute atomic E-state index is 12.0. The SMILES string of the molecule is O=C(NCCN1CCN=C1C1CCCC1)C1CCCC1. The molecule has 1 N–H and O–H groups in total. The quantitative estimate of drug-likeness (QED) is 0.837. The van der Waals surface area contributed by atoms with Crippen molar-refractivity contribution in [1.82, 2.24) is 10.2 Å². The Morgan fingerprint density at radius 1 is 1.15 bits per heavy atom. The summed E-state index contributed by atoms with van der Waals surface area (Å²) in [7, 11) is 0. The Bertz CT molecular complexity index is 368. The molecule has 3 aliphatic rings. The molecule has 0 radical (unpaired) electrons. The highest BCUT2D eigenvalue weighted by Crippen LogP contribution is 2.28. The fourth-order valence-electron chi connectivity index (χ4n) is 3.94. The molecule has 4 nitrogen and oxygen atoms in total. The predicted molar refractivity (Wildman–Crippen MR) is 80.8 cm³/mol. The van der Waals surface area contributed by atoms with Gasteiger partial charge in [-0.2, -0.15) is 0 Å². The van der Waals surface area contributed by atoms with Crippen molar-refractivity contribution in [3.8, 4) is 0 Å². The molecule has 0 unspecified atom stereocenters. The van der Waals surface area contributed by atoms with Crippen molar-refractivity contribution in [2.24, 2.45) is 16.8 Å². The van der Waals surface area contributed by atoms with Crippen LogP contribution in [0.2, 0.25) is 0 Å². The van der Waals surface area contributed by atoms with Crippen LogP contribution in [-0.4, -0.2) is 42.8 Å². The van der Waals surface area contributed by atoms with Crippen molar-refractivity contribution >= 4 is 11.7 Å². The largest absolute Gasteiger partial charge is 0.357 e. The molecule has 0 atom stereocenters. The average Bonchev–Trinajstić information content (AvgIpc) is 3.20. The average molecular weight is 277 g/mol. The maximum Gasteiger partial charge on any atom is 0.223 e. The molecular weight excluding hydrogens is 250 g/mol. The van der Waals surface area contributed by atoms with Crippen LogP contribution in [0, 0.1) is 11.8 Å². The topological polar surface area (TPSA) is 44.7 Å². The second-order valence-electron chi connectivity index (χ2n) is 6.48. The van der Waals surface area contributed by atoms with Gasteiger partial charge >= 0.3 is 0 Å². The van der Waals surface area contributed by atoms with Crippen LogP contribution in [-0.2, 0) is 4.79 Å². The van der Waals surface area contributed by atoms with E-state index in [4.69, 9.17) is 4.99 Å². The molecular formula is C16H27N3O. The zero-order valence-electron chi connectivity index (χ0n) is 12.4. The zero-order valence-corrected chi connectivity index (χ0v) is 12.4. The van der Waals surface area contributed by atoms with Crippen molar-refractivity contribution in [3.05, 3.63) is 0 Å². The smallest absolute Gasteiger partial charge is 0.223 e. The van der Waals surface area contributed by atoms with Crippen LogP contribution in [0.1, 0.15) is 51.4 Å². The van der Waals surface area contributed by atoms with Crippen molar-refractivity contribution < 1.29 is 4.79 Å². The van der Waals surface area contributed by atoms with Gasteiger partial charge in [-0.3, -0.25) is 9.79 Å². The number of amidine groups is 1. The van der Waals surface area contributed by atoms with E-state index in [0.29, 0.717) is 5.92 Å². The fourth-order valence-corrected chi connectivity index (χ4v) is 3.94. The summed E-state index contributed by atoms with van der Waals surface area (Å²) in [6, 6.07) is 0. The molecule has 1 heterocycles. The van der Waals surface area contributed by atoms with Gasteiger partial charge in [0.25, 0.3) is 0 Å². The molecule has 0 spiro atoms. The van der Waals surface area contributed by atoms with Gasteiger partial charge in [0.2, 0.25) is 5.91 Å². The van der Waals surface area contributed by atoms with Crippen LogP contribution in [0.25, 0.3) is 0 Å². The Morgan fingerprint density at radius 2 is 1.85 bits per heavy atom. The summed E-state index contributed by atoms with van der Waals surface area (Å²) in [5.74, 6) is 2.60. The van der Waals surface area contributed by atoms with Crippen LogP contribution >= 0.6 is 0 Å². The van der Waals surface area contributed by atoms with E-state index >= 15 is 0 Å². The number of hydrogen-bond acceptors (Lipinski definition) is 3. The summed E-state index contributed by atoms with van der Waals surface area (Å²) in [6.45, 7) is 3.71. The van der Waals surface area contributed by atoms with E-state index in [-0.39, 0.29) is 11.8 Å². The minimum absolute atomic E-state index is 0.279. The molecule has 0 aromatic rings. The van der Waals surface area contributed by atoms with E-state index < -0.39 is 0 Å². The first-order chi connectivity index (χ1) is 9.84. The first kappa shape index (κ1) is 13.9. The second kappa shape index (κ2) is 6.59. The molecule has 2 saturated carbocycles. The van der Waals surface area contributed by atoms with Crippen LogP contribution < -0.4 is 5.32 Å². The molecule has 112 valence electrons. The summed E-state index contributed by atoms with van der Waals surface area (Å²) in [6.07, 6.45) is 9.96. The van der Waals surface area contributed by atoms with Crippen LogP contribution in [0.4, 0.5) is 0 Å². The third kappa shape index (κ3) is 3.15. The lowest BCUT2D eigenvalue weighted by molar-refractivity contribution is -0.124. The standard InChI is InChI=1S/C16H27N3O/c20-16(14-7-3-4-8-14)18-10-12-19-11-9-17-15(19)13-5-1-2-6-13/h13-14H,1-12H2,(H,18,20). The summed E-state index contributed by atoms with van der Waals surface area (Å²) < 4.78 is 0. The van der Waals surface area contributed by atoms with Crippen molar-refractivity contribution in [1.29, 1.82) is 0 Å². The Kier molecular flexibility index (Phi) is 4.58. The Labute approximate surface area is 122 Å². The molecule has 4 heteroatoms. The summed E-state index contributed by atoms with van der Waals surface area (Å²) in [5, 5.41) is 3.13. The number of carbonyl (C=O) groups is 1. The minimum Gasteiger partial charge on any atom is -0.357 e. The van der Waals surface area contributed by atoms with E-state index in [9.17, 15) is 4.79 Å². The lowest BCUT2D eigenvalue weighted by Crippen LogP contribution is -2.40. The van der Waals surface area contributed by atoms with Gasteiger partial charge in [0.15, 0.2) is 0 Å². The lowest BCUT2D eigenvalue weighted by Gasteiger charge is -2.24. The molecule has 2 fully saturated rings. The monoisotopic (exact) mass is 277 g/mol. The highest BCUT2D eigenvalue weighted by atomic mass is 16.1. The maximum atomic E-state index is 12.0. The van der Waals surface area contributed by atoms with Crippen molar-refractivity contribution in [2.75, 3.05) is 26.2 Å². The van der Waals surface area contributed by atoms with Gasteiger partial charge in [0.05, 0.1) is 6.54 Å². The molecule has 0 bridgehead atoms. The van der Waals surface area contributed by atoms with Crippen molar-refractivity contribution in [2.45, 2.75) is 51.4 Å². The molecule has 0 aromatic heterocycles. The summed E-state index contributed by atoms with van der Waals surface area (Å²) >= 11 is 0. The first-order valence-electron chi connectivity index (χ1n) is 8.41. The van der Waals surface area contributed by atoms with E-state index in [1.54, 1.807) is 0 Å². The highest BCUT2D eigenvalue weighted by Gasteiger charge is 2.28. The number of nitrogens with one attached hydrogen (secondary N) is 1. The van der Waals surface area contributed by atoms with Gasteiger partial charge in [-0.15, -0.1) is 0 Å². The molecule has 3 rings (SSSR count). The van der Waals surface area contributed by atoms with Crippen LogP contribution in [0.15, 0.2) is 4.99 Å². The number of aliphatic imine (C=N–C) groups is 1. The van der Waals surface area contributed by atoms with Gasteiger partial charge in [-0.05, 0) is 25.7 Å².